The molecule has 1 aromatic carbocycles. The summed E-state index contributed by atoms with van der Waals surface area (Å²) < 4.78 is 24.6. The van der Waals surface area contributed by atoms with Crippen LogP contribution in [0.3, 0.4) is 0 Å². The van der Waals surface area contributed by atoms with Crippen LogP contribution in [-0.4, -0.2) is 19.8 Å². The van der Waals surface area contributed by atoms with Gasteiger partial charge in [-0.05, 0) is 6.07 Å². The van der Waals surface area contributed by atoms with Gasteiger partial charge < -0.3 is 9.47 Å². The number of hydrogen-bond acceptors (Lipinski definition) is 3. The van der Waals surface area contributed by atoms with Crippen molar-refractivity contribution in [3.05, 3.63) is 27.5 Å². The molecule has 0 saturated carbocycles. The van der Waals surface area contributed by atoms with Gasteiger partial charge in [0.2, 0.25) is 0 Å². The maximum Gasteiger partial charge on any atom is 0.145 e. The molecule has 0 amide bonds. The number of hydrogen-bond donors (Lipinski definition) is 0. The van der Waals surface area contributed by atoms with E-state index in [1.807, 2.05) is 6.07 Å². The van der Waals surface area contributed by atoms with Crippen molar-refractivity contribution in [1.82, 2.24) is 0 Å². The molecule has 1 aromatic rings. The molecular formula is C11H9BrFNO2. The lowest BCUT2D eigenvalue weighted by Crippen LogP contribution is -2.19. The van der Waals surface area contributed by atoms with E-state index in [-0.39, 0.29) is 11.7 Å². The summed E-state index contributed by atoms with van der Waals surface area (Å²) >= 11 is 3.27. The van der Waals surface area contributed by atoms with Crippen molar-refractivity contribution in [2.24, 2.45) is 0 Å². The highest BCUT2D eigenvalue weighted by Crippen LogP contribution is 2.38. The first-order chi connectivity index (χ1) is 7.67. The molecule has 3 nitrogen and oxygen atoms in total. The molecule has 0 N–H and O–H groups in total. The number of halogens is 2. The summed E-state index contributed by atoms with van der Waals surface area (Å²) in [5, 5.41) is 8.87. The van der Waals surface area contributed by atoms with Crippen molar-refractivity contribution >= 4 is 15.9 Å². The van der Waals surface area contributed by atoms with Crippen LogP contribution in [0.25, 0.3) is 0 Å². The van der Waals surface area contributed by atoms with Crippen LogP contribution in [0.1, 0.15) is 11.1 Å². The maximum absolute atomic E-state index is 13.5. The number of ether oxygens (including phenoxy) is 2. The number of benzene rings is 1. The summed E-state index contributed by atoms with van der Waals surface area (Å²) in [6, 6.07) is 3.13. The monoisotopic (exact) mass is 285 g/mol. The predicted molar refractivity (Wildman–Crippen MR) is 58.8 cm³/mol. The van der Waals surface area contributed by atoms with Crippen LogP contribution < -0.4 is 4.74 Å². The highest BCUT2D eigenvalue weighted by Gasteiger charge is 2.29. The van der Waals surface area contributed by atoms with Gasteiger partial charge in [-0.25, -0.2) is 4.39 Å². The average molecular weight is 286 g/mol. The standard InChI is InChI=1S/C11H9BrFNO2/c1-15-5-6-2-7-9(12)3-10(13)8(4-14)11(7)16-6/h3,6H,2,5H2,1H3. The zero-order valence-electron chi connectivity index (χ0n) is 8.59. The first-order valence-electron chi connectivity index (χ1n) is 4.74. The van der Waals surface area contributed by atoms with E-state index in [0.29, 0.717) is 23.2 Å². The molecule has 1 heterocycles. The molecule has 0 fully saturated rings. The van der Waals surface area contributed by atoms with Gasteiger partial charge in [0.15, 0.2) is 0 Å². The Labute approximate surface area is 101 Å². The van der Waals surface area contributed by atoms with Crippen molar-refractivity contribution in [2.45, 2.75) is 12.5 Å². The Morgan fingerprint density at radius 2 is 2.50 bits per heavy atom. The topological polar surface area (TPSA) is 42.2 Å². The van der Waals surface area contributed by atoms with Gasteiger partial charge in [-0.1, -0.05) is 15.9 Å². The lowest BCUT2D eigenvalue weighted by Gasteiger charge is -2.09. The van der Waals surface area contributed by atoms with E-state index in [2.05, 4.69) is 15.9 Å². The van der Waals surface area contributed by atoms with E-state index in [1.165, 1.54) is 6.07 Å². The van der Waals surface area contributed by atoms with Crippen LogP contribution in [0, 0.1) is 17.1 Å². The molecule has 1 aliphatic heterocycles. The molecule has 84 valence electrons. The molecule has 16 heavy (non-hydrogen) atoms. The quantitative estimate of drug-likeness (QED) is 0.838. The molecule has 0 aliphatic carbocycles. The number of nitrogens with zero attached hydrogens (tertiary/aromatic N) is 1. The Hall–Kier alpha value is -1.12. The van der Waals surface area contributed by atoms with Crippen molar-refractivity contribution in [3.63, 3.8) is 0 Å². The SMILES string of the molecule is COCC1Cc2c(Br)cc(F)c(C#N)c2O1. The second-order valence-electron chi connectivity index (χ2n) is 3.53. The van der Waals surface area contributed by atoms with Crippen molar-refractivity contribution < 1.29 is 13.9 Å². The van der Waals surface area contributed by atoms with Gasteiger partial charge in [0, 0.05) is 23.6 Å². The smallest absolute Gasteiger partial charge is 0.145 e. The minimum Gasteiger partial charge on any atom is -0.486 e. The average Bonchev–Trinajstić information content (AvgIpc) is 2.63. The van der Waals surface area contributed by atoms with Gasteiger partial charge in [0.05, 0.1) is 6.61 Å². The molecule has 1 atom stereocenters. The summed E-state index contributed by atoms with van der Waals surface area (Å²) in [5.41, 5.74) is 0.803. The summed E-state index contributed by atoms with van der Waals surface area (Å²) in [6.07, 6.45) is 0.476. The molecule has 5 heteroatoms. The Balaban J connectivity index is 2.44. The summed E-state index contributed by atoms with van der Waals surface area (Å²) in [6.45, 7) is 0.424. The minimum absolute atomic E-state index is 0.0307. The third-order valence-corrected chi connectivity index (χ3v) is 3.17. The highest BCUT2D eigenvalue weighted by atomic mass is 79.9. The lowest BCUT2D eigenvalue weighted by molar-refractivity contribution is 0.0948. The van der Waals surface area contributed by atoms with Crippen LogP contribution in [-0.2, 0) is 11.2 Å². The van der Waals surface area contributed by atoms with Crippen LogP contribution in [0.15, 0.2) is 10.5 Å². The molecular weight excluding hydrogens is 277 g/mol. The Bertz CT molecular complexity index is 470. The molecule has 2 rings (SSSR count). The zero-order valence-corrected chi connectivity index (χ0v) is 10.2. The molecule has 0 bridgehead atoms. The fraction of sp³-hybridized carbons (Fsp3) is 0.364. The highest BCUT2D eigenvalue weighted by molar-refractivity contribution is 9.10. The van der Waals surface area contributed by atoms with Gasteiger partial charge in [-0.3, -0.25) is 0 Å². The van der Waals surface area contributed by atoms with E-state index in [0.717, 1.165) is 5.56 Å². The van der Waals surface area contributed by atoms with E-state index < -0.39 is 5.82 Å². The minimum atomic E-state index is -0.564. The molecule has 1 aliphatic rings. The predicted octanol–water partition coefficient (Wildman–Crippen LogP) is 2.41. The largest absolute Gasteiger partial charge is 0.486 e. The summed E-state index contributed by atoms with van der Waals surface area (Å²) in [4.78, 5) is 0. The Morgan fingerprint density at radius 1 is 1.75 bits per heavy atom. The Morgan fingerprint density at radius 3 is 3.12 bits per heavy atom. The molecule has 0 radical (unpaired) electrons. The maximum atomic E-state index is 13.5. The first kappa shape index (κ1) is 11.4. The normalized spacial score (nSPS) is 17.8. The van der Waals surface area contributed by atoms with Crippen LogP contribution in [0.2, 0.25) is 0 Å². The zero-order chi connectivity index (χ0) is 11.7. The fourth-order valence-electron chi connectivity index (χ4n) is 1.78. The molecule has 0 saturated heterocycles. The van der Waals surface area contributed by atoms with Gasteiger partial charge in [0.25, 0.3) is 0 Å². The summed E-state index contributed by atoms with van der Waals surface area (Å²) in [5.74, 6) is -0.220. The van der Waals surface area contributed by atoms with Crippen LogP contribution in [0.4, 0.5) is 4.39 Å². The van der Waals surface area contributed by atoms with E-state index in [1.54, 1.807) is 7.11 Å². The van der Waals surface area contributed by atoms with Gasteiger partial charge in [-0.2, -0.15) is 5.26 Å². The van der Waals surface area contributed by atoms with Crippen molar-refractivity contribution in [3.8, 4) is 11.8 Å². The second-order valence-corrected chi connectivity index (χ2v) is 4.39. The molecule has 1 unspecified atom stereocenters. The van der Waals surface area contributed by atoms with Gasteiger partial charge >= 0.3 is 0 Å². The Kier molecular flexibility index (Phi) is 3.13. The van der Waals surface area contributed by atoms with Crippen molar-refractivity contribution in [2.75, 3.05) is 13.7 Å². The first-order valence-corrected chi connectivity index (χ1v) is 5.53. The van der Waals surface area contributed by atoms with Crippen LogP contribution in [0.5, 0.6) is 5.75 Å². The fourth-order valence-corrected chi connectivity index (χ4v) is 2.32. The lowest BCUT2D eigenvalue weighted by atomic mass is 10.1. The van der Waals surface area contributed by atoms with E-state index >= 15 is 0 Å². The number of methoxy groups -OCH3 is 1. The summed E-state index contributed by atoms with van der Waals surface area (Å²) in [7, 11) is 1.58. The number of fused-ring (bicyclic) bond motifs is 1. The van der Waals surface area contributed by atoms with Gasteiger partial charge in [-0.15, -0.1) is 0 Å². The van der Waals surface area contributed by atoms with E-state index in [4.69, 9.17) is 14.7 Å². The number of nitriles is 1. The second kappa shape index (κ2) is 4.40. The van der Waals surface area contributed by atoms with E-state index in [9.17, 15) is 4.39 Å². The van der Waals surface area contributed by atoms with Crippen molar-refractivity contribution in [1.29, 1.82) is 5.26 Å². The number of rotatable bonds is 2. The van der Waals surface area contributed by atoms with Crippen LogP contribution >= 0.6 is 15.9 Å². The third-order valence-electron chi connectivity index (χ3n) is 2.46. The molecule has 0 spiro atoms. The van der Waals surface area contributed by atoms with Gasteiger partial charge in [0.1, 0.15) is 29.3 Å². The molecule has 0 aromatic heterocycles. The third kappa shape index (κ3) is 1.79.